The molecule has 1 aliphatic heterocycles. The van der Waals surface area contributed by atoms with Gasteiger partial charge in [-0.3, -0.25) is 4.79 Å². The first-order valence-electron chi connectivity index (χ1n) is 7.10. The molecule has 18 heavy (non-hydrogen) atoms. The molecule has 1 saturated heterocycles. The molecule has 2 fully saturated rings. The average Bonchev–Trinajstić information content (AvgIpc) is 2.86. The van der Waals surface area contributed by atoms with Crippen LogP contribution in [0.5, 0.6) is 0 Å². The van der Waals surface area contributed by atoms with Crippen LogP contribution in [0.2, 0.25) is 0 Å². The van der Waals surface area contributed by atoms with Crippen LogP contribution in [-0.4, -0.2) is 49.2 Å². The third kappa shape index (κ3) is 2.28. The molecule has 0 bridgehead atoms. The first-order valence-corrected chi connectivity index (χ1v) is 7.10. The zero-order chi connectivity index (χ0) is 13.3. The van der Waals surface area contributed by atoms with E-state index in [4.69, 9.17) is 4.74 Å². The summed E-state index contributed by atoms with van der Waals surface area (Å²) in [4.78, 5) is 14.3. The standard InChI is InChI=1S/C14H26N2O2/c1-5-18-12-9-11(14(12,2)3)16(4)13(17)10-7-6-8-15-10/h10-12,15H,5-9H2,1-4H3/t10-,11+,12+/m0/s1. The van der Waals surface area contributed by atoms with E-state index in [1.54, 1.807) is 0 Å². The normalized spacial score (nSPS) is 34.1. The van der Waals surface area contributed by atoms with Gasteiger partial charge in [0.1, 0.15) is 0 Å². The summed E-state index contributed by atoms with van der Waals surface area (Å²) in [6.45, 7) is 8.16. The molecule has 0 aromatic rings. The number of hydrogen-bond donors (Lipinski definition) is 1. The van der Waals surface area contributed by atoms with Crippen molar-refractivity contribution in [2.24, 2.45) is 5.41 Å². The Morgan fingerprint density at radius 3 is 2.72 bits per heavy atom. The smallest absolute Gasteiger partial charge is 0.239 e. The minimum atomic E-state index is 0.0388. The van der Waals surface area contributed by atoms with Crippen LogP contribution in [0.4, 0.5) is 0 Å². The monoisotopic (exact) mass is 254 g/mol. The quantitative estimate of drug-likeness (QED) is 0.824. The fourth-order valence-corrected chi connectivity index (χ4v) is 3.30. The summed E-state index contributed by atoms with van der Waals surface area (Å²) in [6, 6.07) is 0.348. The Hall–Kier alpha value is -0.610. The SMILES string of the molecule is CCO[C@@H]1C[C@@H](N(C)C(=O)[C@@H]2CCCN2)C1(C)C. The van der Waals surface area contributed by atoms with Crippen LogP contribution in [0.3, 0.4) is 0 Å². The Morgan fingerprint density at radius 1 is 1.50 bits per heavy atom. The van der Waals surface area contributed by atoms with E-state index in [0.717, 1.165) is 32.4 Å². The van der Waals surface area contributed by atoms with E-state index in [9.17, 15) is 4.79 Å². The molecule has 0 aromatic heterocycles. The van der Waals surface area contributed by atoms with Crippen molar-refractivity contribution in [1.29, 1.82) is 0 Å². The fourth-order valence-electron chi connectivity index (χ4n) is 3.30. The Kier molecular flexibility index (Phi) is 3.97. The maximum atomic E-state index is 12.4. The van der Waals surface area contributed by atoms with Gasteiger partial charge in [0.25, 0.3) is 0 Å². The molecule has 1 N–H and O–H groups in total. The zero-order valence-corrected chi connectivity index (χ0v) is 12.0. The molecule has 2 rings (SSSR count). The molecule has 0 aromatic carbocycles. The van der Waals surface area contributed by atoms with Crippen molar-refractivity contribution in [3.8, 4) is 0 Å². The Balaban J connectivity index is 1.94. The van der Waals surface area contributed by atoms with Gasteiger partial charge in [-0.05, 0) is 32.7 Å². The number of carbonyl (C=O) groups excluding carboxylic acids is 1. The number of ether oxygens (including phenoxy) is 1. The lowest BCUT2D eigenvalue weighted by Crippen LogP contribution is -2.63. The molecular weight excluding hydrogens is 228 g/mol. The Morgan fingerprint density at radius 2 is 2.22 bits per heavy atom. The second-order valence-corrected chi connectivity index (χ2v) is 6.11. The number of rotatable bonds is 4. The van der Waals surface area contributed by atoms with Gasteiger partial charge in [0.15, 0.2) is 0 Å². The molecule has 4 nitrogen and oxygen atoms in total. The van der Waals surface area contributed by atoms with E-state index >= 15 is 0 Å². The lowest BCUT2D eigenvalue weighted by Gasteiger charge is -2.55. The van der Waals surface area contributed by atoms with Gasteiger partial charge in [0, 0.05) is 25.1 Å². The number of likely N-dealkylation sites (N-methyl/N-ethyl adjacent to an activating group) is 1. The fraction of sp³-hybridized carbons (Fsp3) is 0.929. The number of carbonyl (C=O) groups is 1. The van der Waals surface area contributed by atoms with Gasteiger partial charge in [0.05, 0.1) is 12.1 Å². The minimum Gasteiger partial charge on any atom is -0.378 e. The summed E-state index contributed by atoms with van der Waals surface area (Å²) in [5.74, 6) is 0.250. The van der Waals surface area contributed by atoms with Crippen LogP contribution < -0.4 is 5.32 Å². The topological polar surface area (TPSA) is 41.6 Å². The molecule has 1 amide bonds. The predicted molar refractivity (Wildman–Crippen MR) is 71.4 cm³/mol. The van der Waals surface area contributed by atoms with Crippen LogP contribution in [0.25, 0.3) is 0 Å². The molecule has 3 atom stereocenters. The second-order valence-electron chi connectivity index (χ2n) is 6.11. The summed E-state index contributed by atoms with van der Waals surface area (Å²) in [5, 5.41) is 3.28. The largest absolute Gasteiger partial charge is 0.378 e. The zero-order valence-electron chi connectivity index (χ0n) is 12.0. The second kappa shape index (κ2) is 5.17. The van der Waals surface area contributed by atoms with Crippen molar-refractivity contribution >= 4 is 5.91 Å². The van der Waals surface area contributed by atoms with Gasteiger partial charge in [-0.25, -0.2) is 0 Å². The Labute approximate surface area is 110 Å². The van der Waals surface area contributed by atoms with Gasteiger partial charge in [0.2, 0.25) is 5.91 Å². The highest BCUT2D eigenvalue weighted by Crippen LogP contribution is 2.45. The van der Waals surface area contributed by atoms with Crippen LogP contribution in [0, 0.1) is 5.41 Å². The van der Waals surface area contributed by atoms with Crippen molar-refractivity contribution in [2.75, 3.05) is 20.2 Å². The molecule has 0 radical (unpaired) electrons. The highest BCUT2D eigenvalue weighted by molar-refractivity contribution is 5.82. The molecule has 1 saturated carbocycles. The molecular formula is C14H26N2O2. The highest BCUT2D eigenvalue weighted by atomic mass is 16.5. The number of nitrogens with one attached hydrogen (secondary N) is 1. The van der Waals surface area contributed by atoms with Gasteiger partial charge < -0.3 is 15.0 Å². The summed E-state index contributed by atoms with van der Waals surface area (Å²) in [7, 11) is 1.94. The van der Waals surface area contributed by atoms with Crippen molar-refractivity contribution in [3.63, 3.8) is 0 Å². The van der Waals surface area contributed by atoms with E-state index in [1.807, 2.05) is 18.9 Å². The summed E-state index contributed by atoms with van der Waals surface area (Å²) in [6.07, 6.45) is 3.35. The third-order valence-corrected chi connectivity index (χ3v) is 4.67. The third-order valence-electron chi connectivity index (χ3n) is 4.67. The van der Waals surface area contributed by atoms with Gasteiger partial charge in [-0.15, -0.1) is 0 Å². The van der Waals surface area contributed by atoms with Crippen LogP contribution in [0.1, 0.15) is 40.0 Å². The summed E-state index contributed by atoms with van der Waals surface area (Å²) < 4.78 is 5.73. The van der Waals surface area contributed by atoms with Crippen molar-refractivity contribution in [2.45, 2.75) is 58.2 Å². The number of hydrogen-bond acceptors (Lipinski definition) is 3. The summed E-state index contributed by atoms with van der Waals surface area (Å²) >= 11 is 0. The van der Waals surface area contributed by atoms with E-state index in [0.29, 0.717) is 12.1 Å². The first-order chi connectivity index (χ1) is 8.48. The molecule has 2 aliphatic rings. The molecule has 0 unspecified atom stereocenters. The molecule has 1 aliphatic carbocycles. The van der Waals surface area contributed by atoms with E-state index < -0.39 is 0 Å². The van der Waals surface area contributed by atoms with E-state index in [-0.39, 0.29) is 17.4 Å². The highest BCUT2D eigenvalue weighted by Gasteiger charge is 2.52. The first kappa shape index (κ1) is 13.8. The average molecular weight is 254 g/mol. The molecule has 1 heterocycles. The van der Waals surface area contributed by atoms with Crippen molar-refractivity contribution in [3.05, 3.63) is 0 Å². The van der Waals surface area contributed by atoms with Crippen LogP contribution >= 0.6 is 0 Å². The maximum absolute atomic E-state index is 12.4. The lowest BCUT2D eigenvalue weighted by molar-refractivity contribution is -0.164. The number of nitrogens with zero attached hydrogens (tertiary/aromatic N) is 1. The Bertz CT molecular complexity index is 311. The van der Waals surface area contributed by atoms with E-state index in [2.05, 4.69) is 19.2 Å². The van der Waals surface area contributed by atoms with Crippen LogP contribution in [0.15, 0.2) is 0 Å². The lowest BCUT2D eigenvalue weighted by atomic mass is 9.63. The molecule has 0 spiro atoms. The van der Waals surface area contributed by atoms with Gasteiger partial charge in [-0.2, -0.15) is 0 Å². The van der Waals surface area contributed by atoms with Crippen molar-refractivity contribution < 1.29 is 9.53 Å². The number of amides is 1. The van der Waals surface area contributed by atoms with E-state index in [1.165, 1.54) is 0 Å². The molecule has 104 valence electrons. The minimum absolute atomic E-state index is 0.0388. The van der Waals surface area contributed by atoms with Crippen LogP contribution in [-0.2, 0) is 9.53 Å². The molecule has 4 heteroatoms. The van der Waals surface area contributed by atoms with Gasteiger partial charge >= 0.3 is 0 Å². The maximum Gasteiger partial charge on any atom is 0.239 e. The van der Waals surface area contributed by atoms with Crippen molar-refractivity contribution in [1.82, 2.24) is 10.2 Å². The predicted octanol–water partition coefficient (Wildman–Crippen LogP) is 1.40. The summed E-state index contributed by atoms with van der Waals surface area (Å²) in [5.41, 5.74) is 0.0685. The van der Waals surface area contributed by atoms with Gasteiger partial charge in [-0.1, -0.05) is 13.8 Å².